The second-order valence-corrected chi connectivity index (χ2v) is 3.92. The molecule has 0 aliphatic heterocycles. The first-order chi connectivity index (χ1) is 8.00. The smallest absolute Gasteiger partial charge is 0.338 e. The molecule has 1 aromatic heterocycles. The lowest BCUT2D eigenvalue weighted by Crippen LogP contribution is -2.26. The molecule has 0 saturated carbocycles. The Labute approximate surface area is 99.2 Å². The van der Waals surface area contributed by atoms with Crippen molar-refractivity contribution in [1.29, 1.82) is 0 Å². The van der Waals surface area contributed by atoms with Crippen molar-refractivity contribution >= 4 is 11.9 Å². The summed E-state index contributed by atoms with van der Waals surface area (Å²) in [5.74, 6) is -1.48. The minimum Gasteiger partial charge on any atom is -0.478 e. The highest BCUT2D eigenvalue weighted by Crippen LogP contribution is 2.07. The van der Waals surface area contributed by atoms with Gasteiger partial charge in [0.15, 0.2) is 5.76 Å². The fourth-order valence-corrected chi connectivity index (χ4v) is 1.25. The molecule has 0 saturated heterocycles. The molecule has 0 aliphatic carbocycles. The maximum Gasteiger partial charge on any atom is 0.338 e. The number of aromatic carboxylic acids is 1. The normalized spacial score (nSPS) is 10.5. The highest BCUT2D eigenvalue weighted by Gasteiger charge is 2.13. The Kier molecular flexibility index (Phi) is 4.71. The largest absolute Gasteiger partial charge is 0.478 e. The van der Waals surface area contributed by atoms with Crippen LogP contribution in [0.5, 0.6) is 0 Å². The fourth-order valence-electron chi connectivity index (χ4n) is 1.25. The molecule has 0 fully saturated rings. The summed E-state index contributed by atoms with van der Waals surface area (Å²) in [6, 6.07) is 1.21. The van der Waals surface area contributed by atoms with Crippen molar-refractivity contribution in [3.63, 3.8) is 0 Å². The zero-order chi connectivity index (χ0) is 12.8. The van der Waals surface area contributed by atoms with Crippen molar-refractivity contribution in [2.75, 3.05) is 27.2 Å². The number of carboxylic acid groups (broad SMARTS) is 1. The lowest BCUT2D eigenvalue weighted by molar-refractivity contribution is 0.0696. The van der Waals surface area contributed by atoms with E-state index in [0.29, 0.717) is 6.54 Å². The summed E-state index contributed by atoms with van der Waals surface area (Å²) in [5.41, 5.74) is -0.0246. The average Bonchev–Trinajstić information content (AvgIpc) is 2.73. The predicted octanol–water partition coefficient (Wildman–Crippen LogP) is 0.659. The van der Waals surface area contributed by atoms with Crippen LogP contribution in [0.3, 0.4) is 0 Å². The van der Waals surface area contributed by atoms with Crippen LogP contribution in [0.1, 0.15) is 27.3 Å². The number of amides is 1. The molecule has 0 bridgehead atoms. The van der Waals surface area contributed by atoms with Gasteiger partial charge in [-0.05, 0) is 27.1 Å². The number of nitrogens with one attached hydrogen (secondary N) is 1. The van der Waals surface area contributed by atoms with E-state index in [1.807, 2.05) is 19.0 Å². The first-order valence-electron chi connectivity index (χ1n) is 5.25. The Morgan fingerprint density at radius 2 is 2.18 bits per heavy atom. The lowest BCUT2D eigenvalue weighted by atomic mass is 10.3. The van der Waals surface area contributed by atoms with E-state index < -0.39 is 11.9 Å². The van der Waals surface area contributed by atoms with Gasteiger partial charge in [0.2, 0.25) is 0 Å². The van der Waals surface area contributed by atoms with Crippen LogP contribution in [0.15, 0.2) is 16.7 Å². The van der Waals surface area contributed by atoms with E-state index in [0.717, 1.165) is 19.2 Å². The van der Waals surface area contributed by atoms with E-state index in [1.165, 1.54) is 6.07 Å². The number of hydrogen-bond acceptors (Lipinski definition) is 4. The fraction of sp³-hybridized carbons (Fsp3) is 0.455. The van der Waals surface area contributed by atoms with E-state index >= 15 is 0 Å². The molecule has 1 rings (SSSR count). The van der Waals surface area contributed by atoms with E-state index in [1.54, 1.807) is 0 Å². The summed E-state index contributed by atoms with van der Waals surface area (Å²) in [6.07, 6.45) is 1.88. The first-order valence-corrected chi connectivity index (χ1v) is 5.25. The van der Waals surface area contributed by atoms with E-state index in [4.69, 9.17) is 9.52 Å². The first kappa shape index (κ1) is 13.2. The van der Waals surface area contributed by atoms with Crippen LogP contribution in [0.4, 0.5) is 0 Å². The molecule has 0 radical (unpaired) electrons. The van der Waals surface area contributed by atoms with Gasteiger partial charge in [-0.25, -0.2) is 4.79 Å². The van der Waals surface area contributed by atoms with Crippen molar-refractivity contribution in [1.82, 2.24) is 10.2 Å². The topological polar surface area (TPSA) is 82.8 Å². The van der Waals surface area contributed by atoms with Crippen LogP contribution >= 0.6 is 0 Å². The Morgan fingerprint density at radius 1 is 1.47 bits per heavy atom. The van der Waals surface area contributed by atoms with Crippen LogP contribution in [0, 0.1) is 0 Å². The van der Waals surface area contributed by atoms with E-state index in [2.05, 4.69) is 5.32 Å². The number of carboxylic acids is 1. The number of nitrogens with zero attached hydrogens (tertiary/aromatic N) is 1. The van der Waals surface area contributed by atoms with Gasteiger partial charge in [0.1, 0.15) is 6.26 Å². The number of hydrogen-bond donors (Lipinski definition) is 2. The third kappa shape index (κ3) is 4.28. The molecule has 6 heteroatoms. The van der Waals surface area contributed by atoms with Gasteiger partial charge < -0.3 is 19.7 Å². The second kappa shape index (κ2) is 6.05. The average molecular weight is 240 g/mol. The van der Waals surface area contributed by atoms with Crippen molar-refractivity contribution in [3.8, 4) is 0 Å². The van der Waals surface area contributed by atoms with Gasteiger partial charge in [-0.3, -0.25) is 4.79 Å². The molecule has 0 spiro atoms. The Morgan fingerprint density at radius 3 is 2.71 bits per heavy atom. The predicted molar refractivity (Wildman–Crippen MR) is 61.2 cm³/mol. The van der Waals surface area contributed by atoms with Crippen molar-refractivity contribution in [3.05, 3.63) is 23.7 Å². The van der Waals surface area contributed by atoms with Gasteiger partial charge in [-0.1, -0.05) is 0 Å². The molecule has 2 N–H and O–H groups in total. The van der Waals surface area contributed by atoms with Gasteiger partial charge in [0.25, 0.3) is 5.91 Å². The SMILES string of the molecule is CN(C)CCCNC(=O)c1cc(C(=O)O)co1. The molecule has 94 valence electrons. The molecule has 1 aromatic rings. The summed E-state index contributed by atoms with van der Waals surface area (Å²) in [4.78, 5) is 24.1. The zero-order valence-corrected chi connectivity index (χ0v) is 9.90. The number of carbonyl (C=O) groups excluding carboxylic acids is 1. The highest BCUT2D eigenvalue weighted by molar-refractivity contribution is 5.95. The zero-order valence-electron chi connectivity index (χ0n) is 9.90. The van der Waals surface area contributed by atoms with Crippen LogP contribution < -0.4 is 5.32 Å². The van der Waals surface area contributed by atoms with Crippen molar-refractivity contribution in [2.24, 2.45) is 0 Å². The Balaban J connectivity index is 2.39. The third-order valence-electron chi connectivity index (χ3n) is 2.14. The molecular formula is C11H16N2O4. The Bertz CT molecular complexity index is 398. The second-order valence-electron chi connectivity index (χ2n) is 3.92. The molecule has 0 aromatic carbocycles. The third-order valence-corrected chi connectivity index (χ3v) is 2.14. The summed E-state index contributed by atoms with van der Waals surface area (Å²) in [7, 11) is 3.90. The standard InChI is InChI=1S/C11H16N2O4/c1-13(2)5-3-4-12-10(14)9-6-8(7-17-9)11(15)16/h6-7H,3-5H2,1-2H3,(H,12,14)(H,15,16). The molecular weight excluding hydrogens is 224 g/mol. The van der Waals surface area contributed by atoms with Gasteiger partial charge >= 0.3 is 5.97 Å². The lowest BCUT2D eigenvalue weighted by Gasteiger charge is -2.08. The molecule has 17 heavy (non-hydrogen) atoms. The van der Waals surface area contributed by atoms with E-state index in [-0.39, 0.29) is 11.3 Å². The van der Waals surface area contributed by atoms with Crippen molar-refractivity contribution in [2.45, 2.75) is 6.42 Å². The van der Waals surface area contributed by atoms with E-state index in [9.17, 15) is 9.59 Å². The monoisotopic (exact) mass is 240 g/mol. The minimum atomic E-state index is -1.11. The van der Waals surface area contributed by atoms with Crippen LogP contribution in [0.2, 0.25) is 0 Å². The summed E-state index contributed by atoms with van der Waals surface area (Å²) in [6.45, 7) is 1.40. The number of furan rings is 1. The molecule has 6 nitrogen and oxygen atoms in total. The van der Waals surface area contributed by atoms with Gasteiger partial charge in [0.05, 0.1) is 5.56 Å². The summed E-state index contributed by atoms with van der Waals surface area (Å²) >= 11 is 0. The van der Waals surface area contributed by atoms with Gasteiger partial charge in [-0.15, -0.1) is 0 Å². The summed E-state index contributed by atoms with van der Waals surface area (Å²) < 4.78 is 4.86. The number of carbonyl (C=O) groups is 2. The Hall–Kier alpha value is -1.82. The van der Waals surface area contributed by atoms with Crippen LogP contribution in [0.25, 0.3) is 0 Å². The minimum absolute atomic E-state index is 0.0206. The highest BCUT2D eigenvalue weighted by atomic mass is 16.4. The molecule has 1 heterocycles. The van der Waals surface area contributed by atoms with Gasteiger partial charge in [-0.2, -0.15) is 0 Å². The van der Waals surface area contributed by atoms with Crippen LogP contribution in [-0.4, -0.2) is 49.1 Å². The maximum atomic E-state index is 11.5. The molecule has 0 atom stereocenters. The quantitative estimate of drug-likeness (QED) is 0.714. The number of rotatable bonds is 6. The van der Waals surface area contributed by atoms with Crippen molar-refractivity contribution < 1.29 is 19.1 Å². The molecule has 0 unspecified atom stereocenters. The molecule has 0 aliphatic rings. The summed E-state index contributed by atoms with van der Waals surface area (Å²) in [5, 5.41) is 11.3. The molecule has 1 amide bonds. The maximum absolute atomic E-state index is 11.5. The van der Waals surface area contributed by atoms with Crippen LogP contribution in [-0.2, 0) is 0 Å². The van der Waals surface area contributed by atoms with Gasteiger partial charge in [0, 0.05) is 12.6 Å².